The van der Waals surface area contributed by atoms with E-state index in [1.165, 1.54) is 0 Å². The van der Waals surface area contributed by atoms with Crippen molar-refractivity contribution in [2.75, 3.05) is 36.4 Å². The molecule has 19 heavy (non-hydrogen) atoms. The number of rotatable bonds is 2. The van der Waals surface area contributed by atoms with Gasteiger partial charge in [0.2, 0.25) is 5.91 Å². The lowest BCUT2D eigenvalue weighted by atomic mass is 10.2. The molecule has 1 aliphatic rings. The third kappa shape index (κ3) is 3.57. The number of amides is 1. The van der Waals surface area contributed by atoms with E-state index < -0.39 is 0 Å². The summed E-state index contributed by atoms with van der Waals surface area (Å²) in [5.41, 5.74) is 7.46. The molecular weight excluding hydrogens is 260 g/mol. The second-order valence-electron chi connectivity index (χ2n) is 4.53. The first-order valence-electron chi connectivity index (χ1n) is 6.23. The van der Waals surface area contributed by atoms with E-state index in [-0.39, 0.29) is 11.0 Å². The largest absolute Gasteiger partial charge is 0.376 e. The van der Waals surface area contributed by atoms with Crippen LogP contribution in [0.15, 0.2) is 24.3 Å². The number of thiocarbonyl (C=S) groups is 1. The van der Waals surface area contributed by atoms with Crippen molar-refractivity contribution in [2.24, 2.45) is 5.73 Å². The SMILES string of the molecule is CC(=O)N1CCN(c2ccc(NC(N)=S)cc2)CC1. The van der Waals surface area contributed by atoms with Crippen LogP contribution < -0.4 is 16.0 Å². The van der Waals surface area contributed by atoms with Crippen molar-refractivity contribution < 1.29 is 4.79 Å². The van der Waals surface area contributed by atoms with Crippen LogP contribution in [0, 0.1) is 0 Å². The van der Waals surface area contributed by atoms with Crippen LogP contribution in [-0.2, 0) is 4.79 Å². The molecule has 1 aromatic carbocycles. The molecule has 2 rings (SSSR count). The smallest absolute Gasteiger partial charge is 0.219 e. The van der Waals surface area contributed by atoms with E-state index in [2.05, 4.69) is 10.2 Å². The first-order valence-corrected chi connectivity index (χ1v) is 6.64. The number of anilines is 2. The van der Waals surface area contributed by atoms with Crippen LogP contribution >= 0.6 is 12.2 Å². The fourth-order valence-electron chi connectivity index (χ4n) is 2.18. The van der Waals surface area contributed by atoms with Crippen LogP contribution in [0.1, 0.15) is 6.92 Å². The molecule has 0 aliphatic carbocycles. The first-order chi connectivity index (χ1) is 9.06. The fourth-order valence-corrected chi connectivity index (χ4v) is 2.30. The molecule has 1 aliphatic heterocycles. The summed E-state index contributed by atoms with van der Waals surface area (Å²) in [6, 6.07) is 7.96. The number of nitrogens with two attached hydrogens (primary N) is 1. The number of carbonyl (C=O) groups is 1. The molecule has 0 unspecified atom stereocenters. The fraction of sp³-hybridized carbons (Fsp3) is 0.385. The van der Waals surface area contributed by atoms with Gasteiger partial charge in [0.1, 0.15) is 0 Å². The molecule has 1 aromatic rings. The minimum Gasteiger partial charge on any atom is -0.376 e. The Bertz CT molecular complexity index is 466. The van der Waals surface area contributed by atoms with E-state index in [1.807, 2.05) is 29.2 Å². The zero-order chi connectivity index (χ0) is 13.8. The molecule has 1 saturated heterocycles. The first kappa shape index (κ1) is 13.6. The van der Waals surface area contributed by atoms with E-state index in [4.69, 9.17) is 18.0 Å². The highest BCUT2D eigenvalue weighted by Gasteiger charge is 2.18. The Hall–Kier alpha value is -1.82. The Kier molecular flexibility index (Phi) is 4.21. The lowest BCUT2D eigenvalue weighted by molar-refractivity contribution is -0.129. The summed E-state index contributed by atoms with van der Waals surface area (Å²) in [4.78, 5) is 15.4. The summed E-state index contributed by atoms with van der Waals surface area (Å²) in [5.74, 6) is 0.149. The lowest BCUT2D eigenvalue weighted by Gasteiger charge is -2.35. The average molecular weight is 278 g/mol. The molecule has 5 nitrogen and oxygen atoms in total. The molecule has 1 fully saturated rings. The van der Waals surface area contributed by atoms with Gasteiger partial charge in [0.15, 0.2) is 5.11 Å². The van der Waals surface area contributed by atoms with E-state index >= 15 is 0 Å². The van der Waals surface area contributed by atoms with Gasteiger partial charge in [-0.25, -0.2) is 0 Å². The third-order valence-corrected chi connectivity index (χ3v) is 3.33. The van der Waals surface area contributed by atoms with Crippen molar-refractivity contribution in [3.63, 3.8) is 0 Å². The third-order valence-electron chi connectivity index (χ3n) is 3.22. The van der Waals surface area contributed by atoms with Crippen molar-refractivity contribution in [2.45, 2.75) is 6.92 Å². The Morgan fingerprint density at radius 1 is 1.21 bits per heavy atom. The summed E-state index contributed by atoms with van der Waals surface area (Å²) in [5, 5.41) is 3.16. The zero-order valence-electron chi connectivity index (χ0n) is 10.9. The molecule has 0 atom stereocenters. The summed E-state index contributed by atoms with van der Waals surface area (Å²) in [6.07, 6.45) is 0. The summed E-state index contributed by atoms with van der Waals surface area (Å²) in [6.45, 7) is 4.90. The predicted octanol–water partition coefficient (Wildman–Crippen LogP) is 1.01. The Morgan fingerprint density at radius 3 is 2.26 bits per heavy atom. The van der Waals surface area contributed by atoms with Gasteiger partial charge in [-0.15, -0.1) is 0 Å². The van der Waals surface area contributed by atoms with Gasteiger partial charge in [0, 0.05) is 44.5 Å². The van der Waals surface area contributed by atoms with E-state index in [9.17, 15) is 4.79 Å². The number of hydrogen-bond acceptors (Lipinski definition) is 3. The van der Waals surface area contributed by atoms with Gasteiger partial charge in [-0.2, -0.15) is 0 Å². The number of nitrogens with zero attached hydrogens (tertiary/aromatic N) is 2. The minimum absolute atomic E-state index is 0.149. The van der Waals surface area contributed by atoms with Crippen LogP contribution in [0.5, 0.6) is 0 Å². The zero-order valence-corrected chi connectivity index (χ0v) is 11.7. The van der Waals surface area contributed by atoms with Gasteiger partial charge >= 0.3 is 0 Å². The van der Waals surface area contributed by atoms with Gasteiger partial charge in [-0.3, -0.25) is 4.79 Å². The molecule has 1 heterocycles. The Morgan fingerprint density at radius 2 is 1.79 bits per heavy atom. The topological polar surface area (TPSA) is 61.6 Å². The highest BCUT2D eigenvalue weighted by atomic mass is 32.1. The van der Waals surface area contributed by atoms with E-state index in [0.29, 0.717) is 0 Å². The van der Waals surface area contributed by atoms with Gasteiger partial charge in [0.05, 0.1) is 0 Å². The maximum atomic E-state index is 11.3. The maximum absolute atomic E-state index is 11.3. The summed E-state index contributed by atoms with van der Waals surface area (Å²) >= 11 is 4.79. The van der Waals surface area contributed by atoms with E-state index in [1.54, 1.807) is 6.92 Å². The second-order valence-corrected chi connectivity index (χ2v) is 4.97. The molecule has 0 saturated carbocycles. The standard InChI is InChI=1S/C13H18N4OS/c1-10(18)16-6-8-17(9-7-16)12-4-2-11(3-5-12)15-13(14)19/h2-5H,6-9H2,1H3,(H3,14,15,19). The summed E-state index contributed by atoms with van der Waals surface area (Å²) in [7, 11) is 0. The van der Waals surface area contributed by atoms with Gasteiger partial charge in [-0.05, 0) is 36.5 Å². The van der Waals surface area contributed by atoms with Crippen molar-refractivity contribution in [1.29, 1.82) is 0 Å². The number of piperazine rings is 1. The minimum atomic E-state index is 0.149. The van der Waals surface area contributed by atoms with Gasteiger partial charge in [0.25, 0.3) is 0 Å². The Labute approximate surface area is 118 Å². The number of benzene rings is 1. The van der Waals surface area contributed by atoms with Gasteiger partial charge < -0.3 is 20.9 Å². The van der Waals surface area contributed by atoms with E-state index in [0.717, 1.165) is 37.6 Å². The molecule has 1 amide bonds. The molecule has 102 valence electrons. The quantitative estimate of drug-likeness (QED) is 0.791. The molecular formula is C13H18N4OS. The molecule has 6 heteroatoms. The van der Waals surface area contributed by atoms with Crippen molar-refractivity contribution in [3.8, 4) is 0 Å². The van der Waals surface area contributed by atoms with Crippen molar-refractivity contribution in [1.82, 2.24) is 4.90 Å². The normalized spacial score (nSPS) is 15.2. The highest BCUT2D eigenvalue weighted by Crippen LogP contribution is 2.19. The van der Waals surface area contributed by atoms with Gasteiger partial charge in [-0.1, -0.05) is 0 Å². The molecule has 0 aromatic heterocycles. The van der Waals surface area contributed by atoms with Crippen molar-refractivity contribution in [3.05, 3.63) is 24.3 Å². The van der Waals surface area contributed by atoms with Crippen LogP contribution in [0.25, 0.3) is 0 Å². The molecule has 3 N–H and O–H groups in total. The molecule has 0 spiro atoms. The maximum Gasteiger partial charge on any atom is 0.219 e. The second kappa shape index (κ2) is 5.88. The highest BCUT2D eigenvalue weighted by molar-refractivity contribution is 7.80. The van der Waals surface area contributed by atoms with Crippen molar-refractivity contribution >= 4 is 34.6 Å². The van der Waals surface area contributed by atoms with Crippen LogP contribution in [0.2, 0.25) is 0 Å². The van der Waals surface area contributed by atoms with Crippen LogP contribution in [0.4, 0.5) is 11.4 Å². The number of hydrogen-bond donors (Lipinski definition) is 2. The Balaban J connectivity index is 1.96. The summed E-state index contributed by atoms with van der Waals surface area (Å²) < 4.78 is 0. The molecule has 0 radical (unpaired) electrons. The molecule has 0 bridgehead atoms. The lowest BCUT2D eigenvalue weighted by Crippen LogP contribution is -2.48. The predicted molar refractivity (Wildman–Crippen MR) is 81.3 cm³/mol. The monoisotopic (exact) mass is 278 g/mol. The number of nitrogens with one attached hydrogen (secondary N) is 1. The van der Waals surface area contributed by atoms with Crippen LogP contribution in [0.3, 0.4) is 0 Å². The number of carbonyl (C=O) groups excluding carboxylic acids is 1. The van der Waals surface area contributed by atoms with Crippen LogP contribution in [-0.4, -0.2) is 42.1 Å². The average Bonchev–Trinajstić information content (AvgIpc) is 2.39.